The number of rotatable bonds is 10. The van der Waals surface area contributed by atoms with Gasteiger partial charge >= 0.3 is 5.63 Å². The number of aromatic hydroxyl groups is 1. The number of hydroxylamine groups is 2. The number of methoxy groups -OCH3 is 1. The van der Waals surface area contributed by atoms with E-state index in [1.165, 1.54) is 14.2 Å². The number of para-hydroxylation sites is 1. The number of ether oxygens (including phenoxy) is 2. The molecule has 0 radical (unpaired) electrons. The summed E-state index contributed by atoms with van der Waals surface area (Å²) < 4.78 is 16.3. The lowest BCUT2D eigenvalue weighted by molar-refractivity contribution is -0.454. The molecule has 4 N–H and O–H groups in total. The van der Waals surface area contributed by atoms with Crippen molar-refractivity contribution in [3.8, 4) is 5.75 Å². The van der Waals surface area contributed by atoms with Crippen LogP contribution in [-0.4, -0.2) is 83.2 Å². The van der Waals surface area contributed by atoms with Crippen LogP contribution in [0, 0.1) is 0 Å². The summed E-state index contributed by atoms with van der Waals surface area (Å²) in [7, 11) is 2.67. The minimum atomic E-state index is -1.40. The van der Waals surface area contributed by atoms with Gasteiger partial charge in [0.15, 0.2) is 0 Å². The Morgan fingerprint density at radius 3 is 2.37 bits per heavy atom. The number of benzene rings is 2. The van der Waals surface area contributed by atoms with Crippen LogP contribution >= 0.6 is 0 Å². The van der Waals surface area contributed by atoms with Crippen LogP contribution in [0.3, 0.4) is 0 Å². The van der Waals surface area contributed by atoms with Gasteiger partial charge in [-0.15, -0.1) is 0 Å². The second kappa shape index (κ2) is 12.3. The maximum absolute atomic E-state index is 13.1. The van der Waals surface area contributed by atoms with Crippen LogP contribution in [0.5, 0.6) is 5.75 Å². The fraction of sp³-hybridized carbons (Fsp3) is 0.444. The zero-order chi connectivity index (χ0) is 27.4. The van der Waals surface area contributed by atoms with Crippen molar-refractivity contribution in [3.63, 3.8) is 0 Å². The Morgan fingerprint density at radius 2 is 1.71 bits per heavy atom. The third-order valence-corrected chi connectivity index (χ3v) is 6.79. The van der Waals surface area contributed by atoms with Crippen molar-refractivity contribution < 1.29 is 44.0 Å². The van der Waals surface area contributed by atoms with E-state index in [-0.39, 0.29) is 23.3 Å². The minimum absolute atomic E-state index is 0.0923. The molecule has 0 bridgehead atoms. The first-order valence-electron chi connectivity index (χ1n) is 12.3. The van der Waals surface area contributed by atoms with E-state index in [0.717, 1.165) is 10.8 Å². The maximum Gasteiger partial charge on any atom is 0.343 e. The molecule has 1 aliphatic rings. The molecule has 206 valence electrons. The Balaban J connectivity index is 1.64. The van der Waals surface area contributed by atoms with E-state index in [1.54, 1.807) is 31.2 Å². The van der Waals surface area contributed by atoms with Crippen LogP contribution in [0.15, 0.2) is 63.8 Å². The molecule has 1 aromatic heterocycles. The predicted molar refractivity (Wildman–Crippen MR) is 135 cm³/mol. The number of aliphatic hydroxyl groups excluding tert-OH is 3. The Morgan fingerprint density at radius 1 is 1.03 bits per heavy atom. The molecule has 0 spiro atoms. The molecule has 0 saturated carbocycles. The fourth-order valence-corrected chi connectivity index (χ4v) is 4.84. The van der Waals surface area contributed by atoms with Gasteiger partial charge in [-0.3, -0.25) is 4.84 Å². The average Bonchev–Trinajstić information content (AvgIpc) is 2.92. The van der Waals surface area contributed by atoms with Crippen molar-refractivity contribution in [3.05, 3.63) is 76.1 Å². The number of fused-ring (bicyclic) bond motifs is 1. The van der Waals surface area contributed by atoms with Crippen LogP contribution in [0.25, 0.3) is 11.0 Å². The van der Waals surface area contributed by atoms with Crippen LogP contribution in [0.1, 0.15) is 30.4 Å². The lowest BCUT2D eigenvalue weighted by Gasteiger charge is -2.42. The molecule has 4 rings (SSSR count). The van der Waals surface area contributed by atoms with Gasteiger partial charge in [0.2, 0.25) is 6.29 Å². The normalized spacial score (nSPS) is 25.5. The first-order chi connectivity index (χ1) is 18.3. The third-order valence-electron chi connectivity index (χ3n) is 6.79. The summed E-state index contributed by atoms with van der Waals surface area (Å²) in [5.74, 6) is -0.791. The Labute approximate surface area is 219 Å². The SMILES string of the molecule is CO[C@H]1[C@@H](O)[C@@H](CO)OC(ON(OC)C(C)CC(c2ccccc2)c2c(O)c3ccccc3oc2=O)[C@@H]1O. The molecule has 11 heteroatoms. The van der Waals surface area contributed by atoms with Crippen LogP contribution < -0.4 is 5.63 Å². The second-order valence-electron chi connectivity index (χ2n) is 9.18. The fourth-order valence-electron chi connectivity index (χ4n) is 4.84. The first kappa shape index (κ1) is 28.1. The highest BCUT2D eigenvalue weighted by Gasteiger charge is 2.46. The molecule has 1 aliphatic heterocycles. The van der Waals surface area contributed by atoms with E-state index in [0.29, 0.717) is 5.39 Å². The lowest BCUT2D eigenvalue weighted by Crippen LogP contribution is -2.61. The van der Waals surface area contributed by atoms with Gasteiger partial charge in [-0.1, -0.05) is 47.7 Å². The number of hydrogen-bond donors (Lipinski definition) is 4. The van der Waals surface area contributed by atoms with E-state index in [2.05, 4.69) is 0 Å². The summed E-state index contributed by atoms with van der Waals surface area (Å²) in [6.45, 7) is 1.24. The number of nitrogens with zero attached hydrogens (tertiary/aromatic N) is 1. The van der Waals surface area contributed by atoms with Crippen molar-refractivity contribution in [1.82, 2.24) is 5.23 Å². The molecule has 7 atom stereocenters. The predicted octanol–water partition coefficient (Wildman–Crippen LogP) is 1.66. The molecule has 0 amide bonds. The Bertz CT molecular complexity index is 1250. The largest absolute Gasteiger partial charge is 0.507 e. The molecule has 1 fully saturated rings. The highest BCUT2D eigenvalue weighted by atomic mass is 17.0. The quantitative estimate of drug-likeness (QED) is 0.223. The average molecular weight is 532 g/mol. The third kappa shape index (κ3) is 5.60. The van der Waals surface area contributed by atoms with Gasteiger partial charge in [-0.25, -0.2) is 9.63 Å². The molecule has 3 aromatic rings. The van der Waals surface area contributed by atoms with Gasteiger partial charge < -0.3 is 34.3 Å². The summed E-state index contributed by atoms with van der Waals surface area (Å²) in [6, 6.07) is 15.4. The van der Waals surface area contributed by atoms with Gasteiger partial charge in [0.1, 0.15) is 35.7 Å². The highest BCUT2D eigenvalue weighted by Crippen LogP contribution is 2.37. The summed E-state index contributed by atoms with van der Waals surface area (Å²) in [5, 5.41) is 43.2. The van der Waals surface area contributed by atoms with Gasteiger partial charge in [-0.2, -0.15) is 0 Å². The molecule has 11 nitrogen and oxygen atoms in total. The smallest absolute Gasteiger partial charge is 0.343 e. The topological polar surface area (TPSA) is 151 Å². The molecule has 38 heavy (non-hydrogen) atoms. The van der Waals surface area contributed by atoms with Crippen molar-refractivity contribution >= 4 is 11.0 Å². The Kier molecular flexibility index (Phi) is 9.13. The molecule has 1 saturated heterocycles. The first-order valence-corrected chi connectivity index (χ1v) is 12.3. The lowest BCUT2D eigenvalue weighted by atomic mass is 9.86. The van der Waals surface area contributed by atoms with Gasteiger partial charge in [0.25, 0.3) is 0 Å². The molecule has 0 aliphatic carbocycles. The van der Waals surface area contributed by atoms with Crippen molar-refractivity contribution in [2.24, 2.45) is 0 Å². The molecular formula is C27H33NO10. The molecular weight excluding hydrogens is 498 g/mol. The standard InChI is InChI=1S/C27H33NO10/c1-15(28(35-3)38-27-24(32)25(34-2)23(31)20(14-29)37-27)13-18(16-9-5-4-6-10-16)21-22(30)17-11-7-8-12-19(17)36-26(21)33/h4-12,15,18,20,23-25,27,29-32H,13-14H2,1-3H3/t15?,18?,20-,23+,24-,25+,27?/m1/s1. The van der Waals surface area contributed by atoms with Crippen molar-refractivity contribution in [1.29, 1.82) is 0 Å². The monoisotopic (exact) mass is 531 g/mol. The van der Waals surface area contributed by atoms with E-state index in [1.807, 2.05) is 30.3 Å². The minimum Gasteiger partial charge on any atom is -0.507 e. The second-order valence-corrected chi connectivity index (χ2v) is 9.18. The summed E-state index contributed by atoms with van der Waals surface area (Å²) in [6.07, 6.45) is -5.92. The van der Waals surface area contributed by atoms with E-state index >= 15 is 0 Å². The van der Waals surface area contributed by atoms with E-state index in [4.69, 9.17) is 23.6 Å². The zero-order valence-corrected chi connectivity index (χ0v) is 21.3. The highest BCUT2D eigenvalue weighted by molar-refractivity contribution is 5.84. The van der Waals surface area contributed by atoms with Crippen molar-refractivity contribution in [2.45, 2.75) is 56.0 Å². The van der Waals surface area contributed by atoms with Crippen LogP contribution in [0.2, 0.25) is 0 Å². The van der Waals surface area contributed by atoms with Crippen molar-refractivity contribution in [2.75, 3.05) is 20.8 Å². The van der Waals surface area contributed by atoms with Crippen LogP contribution in [-0.2, 0) is 19.1 Å². The van der Waals surface area contributed by atoms with E-state index < -0.39 is 54.9 Å². The van der Waals surface area contributed by atoms with Gasteiger partial charge in [-0.05, 0) is 31.0 Å². The zero-order valence-electron chi connectivity index (χ0n) is 21.3. The Hall–Kier alpha value is -2.87. The molecule has 2 aromatic carbocycles. The molecule has 3 unspecified atom stereocenters. The maximum atomic E-state index is 13.1. The number of aliphatic hydroxyl groups is 3. The van der Waals surface area contributed by atoms with Crippen LogP contribution in [0.4, 0.5) is 0 Å². The molecule has 2 heterocycles. The van der Waals surface area contributed by atoms with Gasteiger partial charge in [0.05, 0.1) is 30.7 Å². The summed E-state index contributed by atoms with van der Waals surface area (Å²) in [5.41, 5.74) is 0.456. The van der Waals surface area contributed by atoms with E-state index in [9.17, 15) is 25.2 Å². The summed E-state index contributed by atoms with van der Waals surface area (Å²) >= 11 is 0. The number of hydrogen-bond acceptors (Lipinski definition) is 11. The summed E-state index contributed by atoms with van der Waals surface area (Å²) in [4.78, 5) is 24.3. The van der Waals surface area contributed by atoms with Gasteiger partial charge in [0, 0.05) is 13.0 Å².